The zero-order valence-electron chi connectivity index (χ0n) is 21.6. The van der Waals surface area contributed by atoms with Crippen LogP contribution in [0.15, 0.2) is 119 Å². The molecule has 1 aliphatic carbocycles. The van der Waals surface area contributed by atoms with Gasteiger partial charge in [-0.15, -0.1) is 0 Å². The van der Waals surface area contributed by atoms with Crippen molar-refractivity contribution in [3.05, 3.63) is 119 Å². The first-order chi connectivity index (χ1) is 19.4. The Kier molecular flexibility index (Phi) is 7.91. The minimum absolute atomic E-state index is 0.143. The number of ketones is 2. The summed E-state index contributed by atoms with van der Waals surface area (Å²) in [7, 11) is 3.02. The monoisotopic (exact) mass is 570 g/mol. The van der Waals surface area contributed by atoms with E-state index >= 15 is 0 Å². The lowest BCUT2D eigenvalue weighted by Gasteiger charge is -2.22. The highest BCUT2D eigenvalue weighted by molar-refractivity contribution is 6.56. The molecule has 0 fully saturated rings. The quantitative estimate of drug-likeness (QED) is 0.212. The Morgan fingerprint density at radius 1 is 0.525 bits per heavy atom. The third kappa shape index (κ3) is 5.32. The smallest absolute Gasteiger partial charge is 0.224 e. The van der Waals surface area contributed by atoms with E-state index in [1.807, 2.05) is 84.9 Å². The van der Waals surface area contributed by atoms with E-state index < -0.39 is 11.6 Å². The summed E-state index contributed by atoms with van der Waals surface area (Å²) in [5, 5.41) is 5.37. The zero-order chi connectivity index (χ0) is 28.2. The molecule has 0 aliphatic heterocycles. The van der Waals surface area contributed by atoms with Crippen molar-refractivity contribution in [1.82, 2.24) is 0 Å². The summed E-state index contributed by atoms with van der Waals surface area (Å²) < 4.78 is 11.0. The Hall–Kier alpha value is -4.52. The van der Waals surface area contributed by atoms with Gasteiger partial charge in [0.15, 0.2) is 0 Å². The molecule has 0 spiro atoms. The second-order valence-electron chi connectivity index (χ2n) is 8.85. The molecular weight excluding hydrogens is 547 g/mol. The Bertz CT molecular complexity index is 1540. The summed E-state index contributed by atoms with van der Waals surface area (Å²) in [4.78, 5) is 26.8. The number of halogens is 2. The SMILES string of the molecule is COc1ccc(-c2ccccc2)cc1NC1=C(Cl)C(=O)C(Nc2cc(-c3ccccc3)ccc2OC)=C(Cl)C1=O. The number of benzene rings is 4. The molecule has 1 aliphatic rings. The molecule has 6 nitrogen and oxygen atoms in total. The number of rotatable bonds is 8. The maximum Gasteiger partial charge on any atom is 0.224 e. The molecule has 0 heterocycles. The van der Waals surface area contributed by atoms with E-state index in [0.29, 0.717) is 22.9 Å². The number of nitrogens with one attached hydrogen (secondary N) is 2. The molecule has 5 rings (SSSR count). The zero-order valence-corrected chi connectivity index (χ0v) is 23.1. The number of carbonyl (C=O) groups is 2. The van der Waals surface area contributed by atoms with E-state index in [0.717, 1.165) is 22.3 Å². The largest absolute Gasteiger partial charge is 0.495 e. The first-order valence-electron chi connectivity index (χ1n) is 12.3. The number of hydrogen-bond donors (Lipinski definition) is 2. The molecule has 0 radical (unpaired) electrons. The molecule has 0 unspecified atom stereocenters. The van der Waals surface area contributed by atoms with Gasteiger partial charge in [0.25, 0.3) is 0 Å². The van der Waals surface area contributed by atoms with Crippen LogP contribution in [0.3, 0.4) is 0 Å². The van der Waals surface area contributed by atoms with Crippen molar-refractivity contribution in [2.45, 2.75) is 0 Å². The molecule has 0 amide bonds. The van der Waals surface area contributed by atoms with Crippen molar-refractivity contribution in [2.75, 3.05) is 24.9 Å². The van der Waals surface area contributed by atoms with Gasteiger partial charge in [-0.25, -0.2) is 0 Å². The second-order valence-corrected chi connectivity index (χ2v) is 9.60. The predicted molar refractivity (Wildman–Crippen MR) is 160 cm³/mol. The van der Waals surface area contributed by atoms with Crippen molar-refractivity contribution in [2.24, 2.45) is 0 Å². The number of hydrogen-bond acceptors (Lipinski definition) is 6. The third-order valence-corrected chi connectivity index (χ3v) is 7.15. The fourth-order valence-corrected chi connectivity index (χ4v) is 4.83. The van der Waals surface area contributed by atoms with Crippen molar-refractivity contribution in [3.8, 4) is 33.8 Å². The maximum atomic E-state index is 13.4. The van der Waals surface area contributed by atoms with Crippen molar-refractivity contribution >= 4 is 46.1 Å². The van der Waals surface area contributed by atoms with Crippen LogP contribution in [-0.2, 0) is 9.59 Å². The summed E-state index contributed by atoms with van der Waals surface area (Å²) >= 11 is 13.0. The summed E-state index contributed by atoms with van der Waals surface area (Å²) in [5.74, 6) is -0.356. The van der Waals surface area contributed by atoms with Gasteiger partial charge >= 0.3 is 0 Å². The average Bonchev–Trinajstić information content (AvgIpc) is 3.01. The van der Waals surface area contributed by atoms with Crippen LogP contribution >= 0.6 is 23.2 Å². The van der Waals surface area contributed by atoms with E-state index in [2.05, 4.69) is 10.6 Å². The van der Waals surface area contributed by atoms with Crippen molar-refractivity contribution < 1.29 is 19.1 Å². The van der Waals surface area contributed by atoms with E-state index in [9.17, 15) is 9.59 Å². The van der Waals surface area contributed by atoms with E-state index in [1.54, 1.807) is 12.1 Å². The Morgan fingerprint density at radius 3 is 1.25 bits per heavy atom. The van der Waals surface area contributed by atoms with Crippen LogP contribution in [-0.4, -0.2) is 25.8 Å². The van der Waals surface area contributed by atoms with E-state index in [4.69, 9.17) is 32.7 Å². The fraction of sp³-hybridized carbons (Fsp3) is 0.0625. The first kappa shape index (κ1) is 27.1. The molecule has 2 N–H and O–H groups in total. The Balaban J connectivity index is 1.47. The molecule has 4 aromatic carbocycles. The molecule has 8 heteroatoms. The highest BCUT2D eigenvalue weighted by Crippen LogP contribution is 2.38. The van der Waals surface area contributed by atoms with Crippen molar-refractivity contribution in [3.63, 3.8) is 0 Å². The van der Waals surface area contributed by atoms with Gasteiger partial charge in [-0.2, -0.15) is 0 Å². The molecule has 0 aromatic heterocycles. The molecule has 0 atom stereocenters. The molecule has 0 saturated carbocycles. The highest BCUT2D eigenvalue weighted by Gasteiger charge is 2.34. The average molecular weight is 571 g/mol. The topological polar surface area (TPSA) is 76.7 Å². The number of anilines is 2. The Morgan fingerprint density at radius 2 is 0.900 bits per heavy atom. The molecular formula is C32H24Cl2N2O4. The number of allylic oxidation sites excluding steroid dienone is 2. The first-order valence-corrected chi connectivity index (χ1v) is 13.1. The van der Waals surface area contributed by atoms with Crippen LogP contribution in [0.4, 0.5) is 11.4 Å². The molecule has 0 saturated heterocycles. The minimum Gasteiger partial charge on any atom is -0.495 e. The standard InChI is InChI=1S/C32H24Cl2N2O4/c1-39-25-15-13-21(19-9-5-3-6-10-19)17-23(25)35-29-27(33)32(38)30(28(34)31(29)37)36-24-18-22(14-16-26(24)40-2)20-11-7-4-8-12-20/h3-18,35-36H,1-2H3. The van der Waals surface area contributed by atoms with Crippen LogP contribution in [0.2, 0.25) is 0 Å². The second kappa shape index (κ2) is 11.7. The summed E-state index contributed by atoms with van der Waals surface area (Å²) in [6.07, 6.45) is 0. The van der Waals surface area contributed by atoms with E-state index in [-0.39, 0.29) is 21.5 Å². The number of ether oxygens (including phenoxy) is 2. The highest BCUT2D eigenvalue weighted by atomic mass is 35.5. The molecule has 200 valence electrons. The lowest BCUT2D eigenvalue weighted by molar-refractivity contribution is -0.115. The van der Waals surface area contributed by atoms with E-state index in [1.165, 1.54) is 14.2 Å². The number of methoxy groups -OCH3 is 2. The summed E-state index contributed by atoms with van der Waals surface area (Å²) in [6.45, 7) is 0. The normalized spacial score (nSPS) is 13.4. The Labute approximate surface area is 241 Å². The van der Waals surface area contributed by atoms with Crippen LogP contribution in [0, 0.1) is 0 Å². The fourth-order valence-electron chi connectivity index (χ4n) is 4.37. The predicted octanol–water partition coefficient (Wildman–Crippen LogP) is 7.61. The lowest BCUT2D eigenvalue weighted by Crippen LogP contribution is -2.27. The lowest BCUT2D eigenvalue weighted by atomic mass is 10.0. The summed E-state index contributed by atoms with van der Waals surface area (Å²) in [6, 6.07) is 30.4. The van der Waals surface area contributed by atoms with Crippen LogP contribution in [0.1, 0.15) is 0 Å². The number of Topliss-reactive ketones (excluding diaryl/α,β-unsaturated/α-hetero) is 2. The van der Waals surface area contributed by atoms with Gasteiger partial charge in [-0.05, 0) is 46.5 Å². The van der Waals surface area contributed by atoms with Crippen molar-refractivity contribution in [1.29, 1.82) is 0 Å². The molecule has 40 heavy (non-hydrogen) atoms. The van der Waals surface area contributed by atoms with Gasteiger partial charge in [0.2, 0.25) is 11.6 Å². The minimum atomic E-state index is -0.640. The summed E-state index contributed by atoms with van der Waals surface area (Å²) in [5.41, 5.74) is 4.32. The van der Waals surface area contributed by atoms with Gasteiger partial charge in [0.05, 0.1) is 25.6 Å². The third-order valence-electron chi connectivity index (χ3n) is 6.42. The van der Waals surface area contributed by atoms with Crippen LogP contribution in [0.25, 0.3) is 22.3 Å². The van der Waals surface area contributed by atoms with Crippen LogP contribution < -0.4 is 20.1 Å². The molecule has 0 bridgehead atoms. The number of carbonyl (C=O) groups excluding carboxylic acids is 2. The maximum absolute atomic E-state index is 13.4. The van der Waals surface area contributed by atoms with Crippen LogP contribution in [0.5, 0.6) is 11.5 Å². The van der Waals surface area contributed by atoms with Gasteiger partial charge < -0.3 is 20.1 Å². The van der Waals surface area contributed by atoms with Gasteiger partial charge in [0, 0.05) is 0 Å². The van der Waals surface area contributed by atoms with Gasteiger partial charge in [-0.3, -0.25) is 9.59 Å². The van der Waals surface area contributed by atoms with Gasteiger partial charge in [0.1, 0.15) is 33.0 Å². The van der Waals surface area contributed by atoms with Gasteiger partial charge in [-0.1, -0.05) is 96.0 Å². The molecule has 4 aromatic rings.